The molecule has 1 fully saturated rings. The van der Waals surface area contributed by atoms with Gasteiger partial charge in [0.1, 0.15) is 0 Å². The van der Waals surface area contributed by atoms with Gasteiger partial charge in [-0.3, -0.25) is 0 Å². The predicted molar refractivity (Wildman–Crippen MR) is 81.6 cm³/mol. The van der Waals surface area contributed by atoms with Crippen LogP contribution in [0.3, 0.4) is 0 Å². The van der Waals surface area contributed by atoms with Crippen LogP contribution in [0.4, 0.5) is 0 Å². The van der Waals surface area contributed by atoms with Gasteiger partial charge in [-0.1, -0.05) is 43.2 Å². The molecule has 0 heterocycles. The molecule has 112 valence electrons. The third kappa shape index (κ3) is 3.81. The Morgan fingerprint density at radius 2 is 1.95 bits per heavy atom. The quantitative estimate of drug-likeness (QED) is 0.840. The molecule has 1 aliphatic rings. The molecule has 0 spiro atoms. The molecule has 0 saturated heterocycles. The summed E-state index contributed by atoms with van der Waals surface area (Å²) in [5.41, 5.74) is 1.20. The number of ether oxygens (including phenoxy) is 1. The zero-order valence-electron chi connectivity index (χ0n) is 12.6. The number of rotatable bonds is 6. The van der Waals surface area contributed by atoms with Crippen LogP contribution in [0.2, 0.25) is 0 Å². The van der Waals surface area contributed by atoms with E-state index in [1.807, 2.05) is 18.2 Å². The lowest BCUT2D eigenvalue weighted by molar-refractivity contribution is 0.0570. The van der Waals surface area contributed by atoms with Crippen molar-refractivity contribution in [2.45, 2.75) is 50.8 Å². The standard InChI is InChI=1S/C17H27NO2/c1-13(17(20-2)14-8-4-3-5-9-14)18-16-11-7-6-10-15(16)12-19/h3-5,8-9,13,15-19H,6-7,10-12H2,1-2H3/t13-,15-,16-,17-/m0/s1. The maximum Gasteiger partial charge on any atom is 0.0971 e. The Labute approximate surface area is 122 Å². The van der Waals surface area contributed by atoms with Crippen LogP contribution in [-0.2, 0) is 4.74 Å². The molecule has 1 aliphatic carbocycles. The van der Waals surface area contributed by atoms with E-state index in [0.29, 0.717) is 12.0 Å². The zero-order chi connectivity index (χ0) is 14.4. The Bertz CT molecular complexity index is 382. The Hall–Kier alpha value is -0.900. The van der Waals surface area contributed by atoms with E-state index in [9.17, 15) is 5.11 Å². The summed E-state index contributed by atoms with van der Waals surface area (Å²) in [6.07, 6.45) is 4.83. The lowest BCUT2D eigenvalue weighted by Gasteiger charge is -2.35. The molecular formula is C17H27NO2. The zero-order valence-corrected chi connectivity index (χ0v) is 12.6. The van der Waals surface area contributed by atoms with Crippen molar-refractivity contribution >= 4 is 0 Å². The van der Waals surface area contributed by atoms with Gasteiger partial charge in [0.05, 0.1) is 6.10 Å². The Morgan fingerprint density at radius 1 is 1.25 bits per heavy atom. The summed E-state index contributed by atoms with van der Waals surface area (Å²) in [7, 11) is 1.76. The second-order valence-corrected chi connectivity index (χ2v) is 5.86. The number of hydrogen-bond donors (Lipinski definition) is 2. The molecule has 2 rings (SSSR count). The lowest BCUT2D eigenvalue weighted by atomic mass is 9.84. The summed E-state index contributed by atoms with van der Waals surface area (Å²) in [6, 6.07) is 11.0. The summed E-state index contributed by atoms with van der Waals surface area (Å²) in [5, 5.41) is 13.2. The van der Waals surface area contributed by atoms with Gasteiger partial charge in [-0.05, 0) is 31.2 Å². The fraction of sp³-hybridized carbons (Fsp3) is 0.647. The molecule has 0 radical (unpaired) electrons. The first-order chi connectivity index (χ1) is 9.76. The first-order valence-corrected chi connectivity index (χ1v) is 7.71. The highest BCUT2D eigenvalue weighted by atomic mass is 16.5. The van der Waals surface area contributed by atoms with Crippen molar-refractivity contribution in [3.63, 3.8) is 0 Å². The summed E-state index contributed by atoms with van der Waals surface area (Å²) < 4.78 is 5.68. The number of aliphatic hydroxyl groups is 1. The van der Waals surface area contributed by atoms with Gasteiger partial charge >= 0.3 is 0 Å². The molecule has 0 aromatic heterocycles. The lowest BCUT2D eigenvalue weighted by Crippen LogP contribution is -2.46. The van der Waals surface area contributed by atoms with Gasteiger partial charge in [0.25, 0.3) is 0 Å². The van der Waals surface area contributed by atoms with E-state index in [-0.39, 0.29) is 18.8 Å². The number of nitrogens with one attached hydrogen (secondary N) is 1. The molecule has 20 heavy (non-hydrogen) atoms. The van der Waals surface area contributed by atoms with Crippen LogP contribution in [0.25, 0.3) is 0 Å². The van der Waals surface area contributed by atoms with Gasteiger partial charge in [0.2, 0.25) is 0 Å². The summed E-state index contributed by atoms with van der Waals surface area (Å²) in [4.78, 5) is 0. The molecule has 4 atom stereocenters. The van der Waals surface area contributed by atoms with Crippen molar-refractivity contribution in [2.75, 3.05) is 13.7 Å². The number of hydrogen-bond acceptors (Lipinski definition) is 3. The Kier molecular flexibility index (Phi) is 6.02. The SMILES string of the molecule is CO[C@H](c1ccccc1)[C@H](C)N[C@H]1CCCC[C@H]1CO. The molecule has 3 nitrogen and oxygen atoms in total. The predicted octanol–water partition coefficient (Wildman–Crippen LogP) is 2.90. The first-order valence-electron chi connectivity index (χ1n) is 7.71. The van der Waals surface area contributed by atoms with Crippen LogP contribution in [0, 0.1) is 5.92 Å². The highest BCUT2D eigenvalue weighted by Crippen LogP contribution is 2.27. The minimum atomic E-state index is 0.0532. The minimum absolute atomic E-state index is 0.0532. The Morgan fingerprint density at radius 3 is 2.60 bits per heavy atom. The van der Waals surface area contributed by atoms with E-state index in [4.69, 9.17) is 4.74 Å². The smallest absolute Gasteiger partial charge is 0.0971 e. The molecule has 3 heteroatoms. The highest BCUT2D eigenvalue weighted by molar-refractivity contribution is 5.19. The van der Waals surface area contributed by atoms with Crippen LogP contribution in [0.1, 0.15) is 44.3 Å². The first kappa shape index (κ1) is 15.5. The molecule has 1 aromatic carbocycles. The summed E-state index contributed by atoms with van der Waals surface area (Å²) in [5.74, 6) is 0.388. The van der Waals surface area contributed by atoms with Crippen LogP contribution in [-0.4, -0.2) is 30.9 Å². The second-order valence-electron chi connectivity index (χ2n) is 5.86. The van der Waals surface area contributed by atoms with Crippen molar-refractivity contribution < 1.29 is 9.84 Å². The van der Waals surface area contributed by atoms with Crippen molar-refractivity contribution in [1.29, 1.82) is 0 Å². The molecular weight excluding hydrogens is 250 g/mol. The average molecular weight is 277 g/mol. The van der Waals surface area contributed by atoms with Gasteiger partial charge in [-0.15, -0.1) is 0 Å². The molecule has 1 aromatic rings. The fourth-order valence-electron chi connectivity index (χ4n) is 3.34. The average Bonchev–Trinajstić information content (AvgIpc) is 2.49. The normalized spacial score (nSPS) is 26.1. The summed E-state index contributed by atoms with van der Waals surface area (Å²) in [6.45, 7) is 2.46. The molecule has 0 aliphatic heterocycles. The fourth-order valence-corrected chi connectivity index (χ4v) is 3.34. The largest absolute Gasteiger partial charge is 0.396 e. The monoisotopic (exact) mass is 277 g/mol. The number of methoxy groups -OCH3 is 1. The maximum absolute atomic E-state index is 9.52. The maximum atomic E-state index is 9.52. The molecule has 0 unspecified atom stereocenters. The molecule has 0 bridgehead atoms. The van der Waals surface area contributed by atoms with Gasteiger partial charge in [-0.25, -0.2) is 0 Å². The third-order valence-electron chi connectivity index (χ3n) is 4.46. The second kappa shape index (κ2) is 7.77. The van der Waals surface area contributed by atoms with Crippen molar-refractivity contribution in [2.24, 2.45) is 5.92 Å². The molecule has 2 N–H and O–H groups in total. The van der Waals surface area contributed by atoms with Crippen LogP contribution < -0.4 is 5.32 Å². The number of benzene rings is 1. The minimum Gasteiger partial charge on any atom is -0.396 e. The summed E-state index contributed by atoms with van der Waals surface area (Å²) >= 11 is 0. The third-order valence-corrected chi connectivity index (χ3v) is 4.46. The van der Waals surface area contributed by atoms with E-state index in [2.05, 4.69) is 24.4 Å². The van der Waals surface area contributed by atoms with E-state index >= 15 is 0 Å². The van der Waals surface area contributed by atoms with E-state index < -0.39 is 0 Å². The van der Waals surface area contributed by atoms with Gasteiger partial charge in [0, 0.05) is 25.8 Å². The van der Waals surface area contributed by atoms with Gasteiger partial charge in [-0.2, -0.15) is 0 Å². The highest BCUT2D eigenvalue weighted by Gasteiger charge is 2.28. The van der Waals surface area contributed by atoms with Crippen LogP contribution in [0.15, 0.2) is 30.3 Å². The molecule has 0 amide bonds. The van der Waals surface area contributed by atoms with E-state index in [1.54, 1.807) is 7.11 Å². The van der Waals surface area contributed by atoms with Crippen LogP contribution >= 0.6 is 0 Å². The topological polar surface area (TPSA) is 41.5 Å². The van der Waals surface area contributed by atoms with Crippen LogP contribution in [0.5, 0.6) is 0 Å². The molecule has 1 saturated carbocycles. The van der Waals surface area contributed by atoms with Gasteiger partial charge < -0.3 is 15.2 Å². The van der Waals surface area contributed by atoms with Crippen molar-refractivity contribution in [1.82, 2.24) is 5.32 Å². The van der Waals surface area contributed by atoms with Gasteiger partial charge in [0.15, 0.2) is 0 Å². The van der Waals surface area contributed by atoms with E-state index in [0.717, 1.165) is 12.8 Å². The number of aliphatic hydroxyl groups excluding tert-OH is 1. The Balaban J connectivity index is 2.00. The van der Waals surface area contributed by atoms with Crippen molar-refractivity contribution in [3.05, 3.63) is 35.9 Å². The van der Waals surface area contributed by atoms with E-state index in [1.165, 1.54) is 18.4 Å². The van der Waals surface area contributed by atoms with Crippen molar-refractivity contribution in [3.8, 4) is 0 Å².